The highest BCUT2D eigenvalue weighted by Crippen LogP contribution is 2.05. The molecule has 0 aliphatic heterocycles. The fourth-order valence-electron chi connectivity index (χ4n) is 1.23. The SMILES string of the molecule is CCOCc1cncn1CC(C)C. The minimum Gasteiger partial charge on any atom is -0.375 e. The second-order valence-corrected chi connectivity index (χ2v) is 3.57. The normalized spacial score (nSPS) is 11.1. The van der Waals surface area contributed by atoms with Crippen molar-refractivity contribution in [3.8, 4) is 0 Å². The molecule has 0 spiro atoms. The van der Waals surface area contributed by atoms with Gasteiger partial charge in [-0.1, -0.05) is 13.8 Å². The lowest BCUT2D eigenvalue weighted by atomic mass is 10.2. The molecule has 0 bridgehead atoms. The Balaban J connectivity index is 2.55. The van der Waals surface area contributed by atoms with E-state index in [4.69, 9.17) is 4.74 Å². The first-order valence-electron chi connectivity index (χ1n) is 4.80. The molecule has 3 heteroatoms. The average molecular weight is 182 g/mol. The van der Waals surface area contributed by atoms with Gasteiger partial charge in [-0.3, -0.25) is 0 Å². The van der Waals surface area contributed by atoms with Crippen LogP contribution >= 0.6 is 0 Å². The second-order valence-electron chi connectivity index (χ2n) is 3.57. The van der Waals surface area contributed by atoms with Crippen LogP contribution in [0.3, 0.4) is 0 Å². The third-order valence-corrected chi connectivity index (χ3v) is 1.81. The van der Waals surface area contributed by atoms with E-state index in [-0.39, 0.29) is 0 Å². The van der Waals surface area contributed by atoms with Crippen LogP contribution in [0.25, 0.3) is 0 Å². The van der Waals surface area contributed by atoms with E-state index in [9.17, 15) is 0 Å². The van der Waals surface area contributed by atoms with Gasteiger partial charge >= 0.3 is 0 Å². The molecule has 13 heavy (non-hydrogen) atoms. The molecule has 0 fully saturated rings. The number of imidazole rings is 1. The summed E-state index contributed by atoms with van der Waals surface area (Å²) in [5.41, 5.74) is 1.16. The molecule has 3 nitrogen and oxygen atoms in total. The predicted molar refractivity (Wildman–Crippen MR) is 52.4 cm³/mol. The molecule has 1 aromatic heterocycles. The second kappa shape index (κ2) is 5.02. The van der Waals surface area contributed by atoms with Gasteiger partial charge in [0.1, 0.15) is 0 Å². The molecule has 0 aliphatic carbocycles. The molecule has 0 saturated carbocycles. The predicted octanol–water partition coefficient (Wildman–Crippen LogP) is 2.08. The first-order chi connectivity index (χ1) is 6.24. The van der Waals surface area contributed by atoms with Crippen molar-refractivity contribution in [3.05, 3.63) is 18.2 Å². The standard InChI is InChI=1S/C10H18N2O/c1-4-13-7-10-5-11-8-12(10)6-9(2)3/h5,8-9H,4,6-7H2,1-3H3. The van der Waals surface area contributed by atoms with Crippen molar-refractivity contribution in [2.75, 3.05) is 6.61 Å². The van der Waals surface area contributed by atoms with Crippen molar-refractivity contribution < 1.29 is 4.74 Å². The van der Waals surface area contributed by atoms with Gasteiger partial charge in [-0.05, 0) is 12.8 Å². The zero-order valence-corrected chi connectivity index (χ0v) is 8.66. The minimum atomic E-state index is 0.648. The van der Waals surface area contributed by atoms with Gasteiger partial charge in [0.15, 0.2) is 0 Å². The van der Waals surface area contributed by atoms with Gasteiger partial charge in [0.05, 0.1) is 24.8 Å². The summed E-state index contributed by atoms with van der Waals surface area (Å²) in [6, 6.07) is 0. The molecule has 0 unspecified atom stereocenters. The van der Waals surface area contributed by atoms with E-state index in [1.807, 2.05) is 19.4 Å². The first-order valence-corrected chi connectivity index (χ1v) is 4.80. The zero-order valence-electron chi connectivity index (χ0n) is 8.66. The Morgan fingerprint density at radius 2 is 2.31 bits per heavy atom. The Bertz CT molecular complexity index is 243. The van der Waals surface area contributed by atoms with Crippen molar-refractivity contribution in [2.24, 2.45) is 5.92 Å². The Morgan fingerprint density at radius 3 is 2.92 bits per heavy atom. The number of aromatic nitrogens is 2. The van der Waals surface area contributed by atoms with Crippen molar-refractivity contribution >= 4 is 0 Å². The maximum absolute atomic E-state index is 5.34. The van der Waals surface area contributed by atoms with E-state index >= 15 is 0 Å². The van der Waals surface area contributed by atoms with Crippen molar-refractivity contribution in [1.29, 1.82) is 0 Å². The van der Waals surface area contributed by atoms with Crippen LogP contribution in [0.2, 0.25) is 0 Å². The highest BCUT2D eigenvalue weighted by molar-refractivity contribution is 4.96. The number of rotatable bonds is 5. The minimum absolute atomic E-state index is 0.648. The van der Waals surface area contributed by atoms with Gasteiger partial charge in [-0.25, -0.2) is 4.98 Å². The largest absolute Gasteiger partial charge is 0.375 e. The van der Waals surface area contributed by atoms with E-state index in [1.54, 1.807) is 0 Å². The van der Waals surface area contributed by atoms with Crippen LogP contribution in [0.15, 0.2) is 12.5 Å². The van der Waals surface area contributed by atoms with Crippen LogP contribution in [0.4, 0.5) is 0 Å². The van der Waals surface area contributed by atoms with E-state index in [2.05, 4.69) is 23.4 Å². The Kier molecular flexibility index (Phi) is 3.96. The molecule has 0 saturated heterocycles. The maximum atomic E-state index is 5.34. The molecular formula is C10H18N2O. The summed E-state index contributed by atoms with van der Waals surface area (Å²) in [5, 5.41) is 0. The van der Waals surface area contributed by atoms with Gasteiger partial charge in [-0.2, -0.15) is 0 Å². The highest BCUT2D eigenvalue weighted by Gasteiger charge is 2.03. The Hall–Kier alpha value is -0.830. The van der Waals surface area contributed by atoms with Crippen LogP contribution in [0, 0.1) is 5.92 Å². The number of hydrogen-bond acceptors (Lipinski definition) is 2. The molecule has 1 rings (SSSR count). The molecule has 0 atom stereocenters. The summed E-state index contributed by atoms with van der Waals surface area (Å²) < 4.78 is 7.49. The molecule has 1 aromatic rings. The lowest BCUT2D eigenvalue weighted by Crippen LogP contribution is -2.07. The highest BCUT2D eigenvalue weighted by atomic mass is 16.5. The molecule has 1 heterocycles. The lowest BCUT2D eigenvalue weighted by molar-refractivity contribution is 0.128. The first kappa shape index (κ1) is 10.3. The Labute approximate surface area is 79.7 Å². The number of hydrogen-bond donors (Lipinski definition) is 0. The van der Waals surface area contributed by atoms with Gasteiger partial charge in [0, 0.05) is 13.2 Å². The Morgan fingerprint density at radius 1 is 1.54 bits per heavy atom. The van der Waals surface area contributed by atoms with Crippen molar-refractivity contribution in [2.45, 2.75) is 33.9 Å². The van der Waals surface area contributed by atoms with E-state index in [0.717, 1.165) is 18.8 Å². The van der Waals surface area contributed by atoms with E-state index < -0.39 is 0 Å². The summed E-state index contributed by atoms with van der Waals surface area (Å²) in [4.78, 5) is 4.11. The lowest BCUT2D eigenvalue weighted by Gasteiger charge is -2.09. The summed E-state index contributed by atoms with van der Waals surface area (Å²) >= 11 is 0. The van der Waals surface area contributed by atoms with Crippen LogP contribution in [0.1, 0.15) is 26.5 Å². The summed E-state index contributed by atoms with van der Waals surface area (Å²) in [6.07, 6.45) is 3.74. The maximum Gasteiger partial charge on any atom is 0.0948 e. The molecule has 0 aromatic carbocycles. The van der Waals surface area contributed by atoms with Crippen molar-refractivity contribution in [1.82, 2.24) is 9.55 Å². The molecule has 74 valence electrons. The number of nitrogens with zero attached hydrogens (tertiary/aromatic N) is 2. The quantitative estimate of drug-likeness (QED) is 0.697. The molecule has 0 N–H and O–H groups in total. The van der Waals surface area contributed by atoms with Crippen molar-refractivity contribution in [3.63, 3.8) is 0 Å². The zero-order chi connectivity index (χ0) is 9.68. The summed E-state index contributed by atoms with van der Waals surface area (Å²) in [5.74, 6) is 0.648. The van der Waals surface area contributed by atoms with E-state index in [0.29, 0.717) is 12.5 Å². The molecule has 0 aliphatic rings. The number of ether oxygens (including phenoxy) is 1. The summed E-state index contributed by atoms with van der Waals surface area (Å²) in [7, 11) is 0. The van der Waals surface area contributed by atoms with Gasteiger partial charge in [0.2, 0.25) is 0 Å². The summed E-state index contributed by atoms with van der Waals surface area (Å²) in [6.45, 7) is 8.84. The van der Waals surface area contributed by atoms with Gasteiger partial charge in [0.25, 0.3) is 0 Å². The molecule has 0 radical (unpaired) electrons. The molecule has 0 amide bonds. The van der Waals surface area contributed by atoms with Crippen LogP contribution in [-0.2, 0) is 17.9 Å². The van der Waals surface area contributed by atoms with E-state index in [1.165, 1.54) is 0 Å². The van der Waals surface area contributed by atoms with Gasteiger partial charge < -0.3 is 9.30 Å². The van der Waals surface area contributed by atoms with Crippen LogP contribution in [-0.4, -0.2) is 16.2 Å². The van der Waals surface area contributed by atoms with Crippen LogP contribution < -0.4 is 0 Å². The smallest absolute Gasteiger partial charge is 0.0948 e. The van der Waals surface area contributed by atoms with Gasteiger partial charge in [-0.15, -0.1) is 0 Å². The fraction of sp³-hybridized carbons (Fsp3) is 0.700. The third-order valence-electron chi connectivity index (χ3n) is 1.81. The monoisotopic (exact) mass is 182 g/mol. The average Bonchev–Trinajstić information content (AvgIpc) is 2.48. The van der Waals surface area contributed by atoms with Crippen LogP contribution in [0.5, 0.6) is 0 Å². The third kappa shape index (κ3) is 3.19. The topological polar surface area (TPSA) is 27.1 Å². The molecular weight excluding hydrogens is 164 g/mol. The fourth-order valence-corrected chi connectivity index (χ4v) is 1.23.